The summed E-state index contributed by atoms with van der Waals surface area (Å²) in [4.78, 5) is 11.5. The third-order valence-corrected chi connectivity index (χ3v) is 2.58. The quantitative estimate of drug-likeness (QED) is 0.591. The highest BCUT2D eigenvalue weighted by atomic mass is 16.5. The van der Waals surface area contributed by atoms with Crippen molar-refractivity contribution in [1.82, 2.24) is 0 Å². The number of carbonyl (C=O) groups is 1. The van der Waals surface area contributed by atoms with Gasteiger partial charge < -0.3 is 4.74 Å². The first-order valence-corrected chi connectivity index (χ1v) is 4.86. The van der Waals surface area contributed by atoms with E-state index in [9.17, 15) is 4.79 Å². The van der Waals surface area contributed by atoms with Crippen LogP contribution in [-0.2, 0) is 9.53 Å². The summed E-state index contributed by atoms with van der Waals surface area (Å²) in [5.74, 6) is 0.853. The maximum atomic E-state index is 11.5. The van der Waals surface area contributed by atoms with Gasteiger partial charge in [-0.3, -0.25) is 4.79 Å². The fourth-order valence-corrected chi connectivity index (χ4v) is 1.84. The molecular weight excluding hydrogens is 152 g/mol. The summed E-state index contributed by atoms with van der Waals surface area (Å²) < 4.78 is 4.90. The molecule has 1 saturated carbocycles. The van der Waals surface area contributed by atoms with Gasteiger partial charge in [0, 0.05) is 26.1 Å². The van der Waals surface area contributed by atoms with Gasteiger partial charge in [0.05, 0.1) is 0 Å². The van der Waals surface area contributed by atoms with E-state index in [1.165, 1.54) is 12.8 Å². The first kappa shape index (κ1) is 9.72. The van der Waals surface area contributed by atoms with Gasteiger partial charge in [0.25, 0.3) is 0 Å². The first-order valence-electron chi connectivity index (χ1n) is 4.86. The van der Waals surface area contributed by atoms with Crippen LogP contribution in [0.5, 0.6) is 0 Å². The zero-order valence-electron chi connectivity index (χ0n) is 7.84. The number of carbonyl (C=O) groups excluding carboxylic acids is 1. The number of rotatable bonds is 5. The van der Waals surface area contributed by atoms with E-state index in [0.29, 0.717) is 11.7 Å². The fourth-order valence-electron chi connectivity index (χ4n) is 1.84. The van der Waals surface area contributed by atoms with Crippen LogP contribution in [0.1, 0.15) is 38.5 Å². The number of Topliss-reactive ketones (excluding diaryl/α,β-unsaturated/α-hetero) is 1. The third kappa shape index (κ3) is 2.94. The predicted octanol–water partition coefficient (Wildman–Crippen LogP) is 2.17. The van der Waals surface area contributed by atoms with Crippen molar-refractivity contribution in [3.05, 3.63) is 0 Å². The lowest BCUT2D eigenvalue weighted by Crippen LogP contribution is -2.10. The molecule has 1 fully saturated rings. The highest BCUT2D eigenvalue weighted by molar-refractivity contribution is 5.81. The maximum absolute atomic E-state index is 11.5. The predicted molar refractivity (Wildman–Crippen MR) is 48.1 cm³/mol. The Morgan fingerprint density at radius 1 is 1.42 bits per heavy atom. The van der Waals surface area contributed by atoms with Gasteiger partial charge in [0.2, 0.25) is 0 Å². The summed E-state index contributed by atoms with van der Waals surface area (Å²) in [6.45, 7) is 0.721. The maximum Gasteiger partial charge on any atom is 0.136 e. The molecule has 0 radical (unpaired) electrons. The summed E-state index contributed by atoms with van der Waals surface area (Å²) in [6.07, 6.45) is 6.38. The third-order valence-electron chi connectivity index (χ3n) is 2.58. The average Bonchev–Trinajstić information content (AvgIpc) is 2.56. The van der Waals surface area contributed by atoms with E-state index in [0.717, 1.165) is 32.3 Å². The fraction of sp³-hybridized carbons (Fsp3) is 0.900. The molecule has 1 aliphatic rings. The normalized spacial score (nSPS) is 18.4. The molecule has 0 N–H and O–H groups in total. The Labute approximate surface area is 74.3 Å². The molecule has 0 bridgehead atoms. The van der Waals surface area contributed by atoms with Crippen LogP contribution in [0.2, 0.25) is 0 Å². The van der Waals surface area contributed by atoms with Crippen LogP contribution in [0, 0.1) is 5.92 Å². The molecule has 70 valence electrons. The van der Waals surface area contributed by atoms with Crippen molar-refractivity contribution < 1.29 is 9.53 Å². The van der Waals surface area contributed by atoms with Crippen LogP contribution >= 0.6 is 0 Å². The van der Waals surface area contributed by atoms with Crippen LogP contribution in [0.3, 0.4) is 0 Å². The summed E-state index contributed by atoms with van der Waals surface area (Å²) in [7, 11) is 1.68. The van der Waals surface area contributed by atoms with E-state index in [4.69, 9.17) is 4.74 Å². The van der Waals surface area contributed by atoms with Gasteiger partial charge in [-0.2, -0.15) is 0 Å². The van der Waals surface area contributed by atoms with Crippen molar-refractivity contribution >= 4 is 5.78 Å². The van der Waals surface area contributed by atoms with E-state index in [-0.39, 0.29) is 0 Å². The average molecular weight is 170 g/mol. The van der Waals surface area contributed by atoms with E-state index < -0.39 is 0 Å². The van der Waals surface area contributed by atoms with Gasteiger partial charge in [-0.25, -0.2) is 0 Å². The van der Waals surface area contributed by atoms with Crippen molar-refractivity contribution in [2.45, 2.75) is 38.5 Å². The van der Waals surface area contributed by atoms with E-state index in [1.54, 1.807) is 7.11 Å². The standard InChI is InChI=1S/C10H18O2/c1-12-8-4-7-10(11)9-5-2-3-6-9/h9H,2-8H2,1H3. The number of hydrogen-bond donors (Lipinski definition) is 0. The molecule has 0 atom stereocenters. The SMILES string of the molecule is COCCCC(=O)C1CCCC1. The molecule has 0 amide bonds. The van der Waals surface area contributed by atoms with Gasteiger partial charge >= 0.3 is 0 Å². The van der Waals surface area contributed by atoms with Crippen LogP contribution < -0.4 is 0 Å². The highest BCUT2D eigenvalue weighted by Gasteiger charge is 2.21. The zero-order chi connectivity index (χ0) is 8.81. The van der Waals surface area contributed by atoms with Gasteiger partial charge in [0.15, 0.2) is 0 Å². The second-order valence-corrected chi connectivity index (χ2v) is 3.54. The van der Waals surface area contributed by atoms with Crippen molar-refractivity contribution in [1.29, 1.82) is 0 Å². The smallest absolute Gasteiger partial charge is 0.136 e. The molecule has 0 aromatic carbocycles. The minimum absolute atomic E-state index is 0.391. The molecule has 2 nitrogen and oxygen atoms in total. The molecule has 0 aliphatic heterocycles. The number of ether oxygens (including phenoxy) is 1. The van der Waals surface area contributed by atoms with E-state index in [1.807, 2.05) is 0 Å². The van der Waals surface area contributed by atoms with E-state index in [2.05, 4.69) is 0 Å². The largest absolute Gasteiger partial charge is 0.385 e. The molecule has 0 saturated heterocycles. The van der Waals surface area contributed by atoms with Gasteiger partial charge in [-0.1, -0.05) is 12.8 Å². The molecule has 0 aromatic heterocycles. The lowest BCUT2D eigenvalue weighted by Gasteiger charge is -2.06. The van der Waals surface area contributed by atoms with Crippen molar-refractivity contribution in [2.24, 2.45) is 5.92 Å². The summed E-state index contributed by atoms with van der Waals surface area (Å²) in [6, 6.07) is 0. The minimum atomic E-state index is 0.391. The Kier molecular flexibility index (Phi) is 4.30. The molecule has 12 heavy (non-hydrogen) atoms. The molecule has 1 rings (SSSR count). The van der Waals surface area contributed by atoms with Crippen LogP contribution in [0.25, 0.3) is 0 Å². The Hall–Kier alpha value is -0.370. The minimum Gasteiger partial charge on any atom is -0.385 e. The second kappa shape index (κ2) is 5.31. The van der Waals surface area contributed by atoms with Crippen LogP contribution in [0.15, 0.2) is 0 Å². The zero-order valence-corrected chi connectivity index (χ0v) is 7.84. The van der Waals surface area contributed by atoms with Crippen molar-refractivity contribution in [2.75, 3.05) is 13.7 Å². The summed E-state index contributed by atoms with van der Waals surface area (Å²) in [5.41, 5.74) is 0. The van der Waals surface area contributed by atoms with Crippen LogP contribution in [-0.4, -0.2) is 19.5 Å². The molecule has 0 heterocycles. The Morgan fingerprint density at radius 2 is 2.08 bits per heavy atom. The topological polar surface area (TPSA) is 26.3 Å². The molecule has 0 aromatic rings. The Balaban J connectivity index is 2.10. The number of hydrogen-bond acceptors (Lipinski definition) is 2. The Morgan fingerprint density at radius 3 is 2.67 bits per heavy atom. The molecule has 0 spiro atoms. The van der Waals surface area contributed by atoms with Gasteiger partial charge in [-0.05, 0) is 19.3 Å². The van der Waals surface area contributed by atoms with Crippen molar-refractivity contribution in [3.63, 3.8) is 0 Å². The highest BCUT2D eigenvalue weighted by Crippen LogP contribution is 2.26. The first-order chi connectivity index (χ1) is 5.84. The number of methoxy groups -OCH3 is 1. The Bertz CT molecular complexity index is 137. The second-order valence-electron chi connectivity index (χ2n) is 3.54. The number of ketones is 1. The summed E-state index contributed by atoms with van der Waals surface area (Å²) >= 11 is 0. The van der Waals surface area contributed by atoms with Gasteiger partial charge in [-0.15, -0.1) is 0 Å². The lowest BCUT2D eigenvalue weighted by atomic mass is 9.99. The molecule has 2 heteroatoms. The monoisotopic (exact) mass is 170 g/mol. The van der Waals surface area contributed by atoms with Crippen LogP contribution in [0.4, 0.5) is 0 Å². The molecule has 1 aliphatic carbocycles. The van der Waals surface area contributed by atoms with E-state index >= 15 is 0 Å². The summed E-state index contributed by atoms with van der Waals surface area (Å²) in [5, 5.41) is 0. The van der Waals surface area contributed by atoms with Crippen molar-refractivity contribution in [3.8, 4) is 0 Å². The lowest BCUT2D eigenvalue weighted by molar-refractivity contribution is -0.122. The van der Waals surface area contributed by atoms with Gasteiger partial charge in [0.1, 0.15) is 5.78 Å². The molecule has 0 unspecified atom stereocenters. The molecular formula is C10H18O2.